The fourth-order valence-electron chi connectivity index (χ4n) is 2.78. The lowest BCUT2D eigenvalue weighted by atomic mass is 10.1. The van der Waals surface area contributed by atoms with Gasteiger partial charge in [-0.3, -0.25) is 9.59 Å². The second kappa shape index (κ2) is 9.72. The SMILES string of the molecule is [2H]c1nc2nc(N)nc(N)c2nc1C([2H])([2H])N(C)c1ccc(C(=O)N[C@@H](CCC(=O)O)C(=O)O)cc1. The quantitative estimate of drug-likeness (QED) is 0.293. The molecular formula is C20H22N8O5. The first-order chi connectivity index (χ1) is 16.8. The number of anilines is 3. The normalized spacial score (nSPS) is 13.4. The van der Waals surface area contributed by atoms with Crippen LogP contribution in [0.25, 0.3) is 11.2 Å². The maximum atomic E-state index is 12.4. The minimum absolute atomic E-state index is 0.0182. The van der Waals surface area contributed by atoms with Crippen molar-refractivity contribution in [2.24, 2.45) is 0 Å². The average Bonchev–Trinajstić information content (AvgIpc) is 2.80. The molecule has 0 aliphatic rings. The Morgan fingerprint density at radius 3 is 2.52 bits per heavy atom. The Bertz CT molecular complexity index is 1340. The lowest BCUT2D eigenvalue weighted by molar-refractivity contribution is -0.140. The summed E-state index contributed by atoms with van der Waals surface area (Å²) >= 11 is 0. The number of rotatable bonds is 9. The van der Waals surface area contributed by atoms with Gasteiger partial charge in [0.2, 0.25) is 5.95 Å². The zero-order valence-electron chi connectivity index (χ0n) is 20.3. The van der Waals surface area contributed by atoms with Crippen LogP contribution in [0.15, 0.2) is 30.4 Å². The smallest absolute Gasteiger partial charge is 0.326 e. The van der Waals surface area contributed by atoms with Crippen molar-refractivity contribution in [1.29, 1.82) is 0 Å². The molecule has 3 aromatic rings. The highest BCUT2D eigenvalue weighted by Crippen LogP contribution is 2.19. The van der Waals surface area contributed by atoms with Gasteiger partial charge in [0.25, 0.3) is 5.91 Å². The number of nitrogen functional groups attached to an aromatic ring is 2. The van der Waals surface area contributed by atoms with Crippen LogP contribution in [0.1, 0.15) is 33.0 Å². The molecule has 13 nitrogen and oxygen atoms in total. The largest absolute Gasteiger partial charge is 0.481 e. The van der Waals surface area contributed by atoms with E-state index in [2.05, 4.69) is 25.3 Å². The van der Waals surface area contributed by atoms with Gasteiger partial charge in [0.05, 0.1) is 22.5 Å². The van der Waals surface area contributed by atoms with Gasteiger partial charge in [-0.15, -0.1) is 0 Å². The first-order valence-corrected chi connectivity index (χ1v) is 9.48. The number of benzene rings is 1. The van der Waals surface area contributed by atoms with Gasteiger partial charge in [0.15, 0.2) is 17.0 Å². The van der Waals surface area contributed by atoms with E-state index < -0.39 is 43.0 Å². The van der Waals surface area contributed by atoms with Gasteiger partial charge in [-0.05, 0) is 30.7 Å². The topological polar surface area (TPSA) is 211 Å². The maximum absolute atomic E-state index is 12.4. The minimum Gasteiger partial charge on any atom is -0.481 e. The van der Waals surface area contributed by atoms with E-state index in [4.69, 9.17) is 20.7 Å². The van der Waals surface area contributed by atoms with Crippen LogP contribution in [0, 0.1) is 0 Å². The number of aromatic nitrogens is 4. The van der Waals surface area contributed by atoms with E-state index in [0.717, 1.165) is 4.90 Å². The lowest BCUT2D eigenvalue weighted by Crippen LogP contribution is -2.41. The third kappa shape index (κ3) is 5.78. The Labute approximate surface area is 191 Å². The van der Waals surface area contributed by atoms with E-state index in [1.807, 2.05) is 0 Å². The first-order valence-electron chi connectivity index (χ1n) is 11.0. The van der Waals surface area contributed by atoms with Crippen LogP contribution in [-0.2, 0) is 16.1 Å². The number of fused-ring (bicyclic) bond motifs is 1. The van der Waals surface area contributed by atoms with Crippen molar-refractivity contribution in [3.8, 4) is 0 Å². The summed E-state index contributed by atoms with van der Waals surface area (Å²) < 4.78 is 25.3. The van der Waals surface area contributed by atoms with Crippen LogP contribution in [0.2, 0.25) is 0 Å². The van der Waals surface area contributed by atoms with Crippen molar-refractivity contribution in [3.63, 3.8) is 0 Å². The number of carboxylic acid groups (broad SMARTS) is 2. The molecule has 0 saturated heterocycles. The van der Waals surface area contributed by atoms with Crippen molar-refractivity contribution in [1.82, 2.24) is 25.3 Å². The molecule has 13 heteroatoms. The van der Waals surface area contributed by atoms with Gasteiger partial charge in [0, 0.05) is 24.7 Å². The highest BCUT2D eigenvalue weighted by Gasteiger charge is 2.21. The molecule has 0 spiro atoms. The van der Waals surface area contributed by atoms with Crippen LogP contribution in [0.3, 0.4) is 0 Å². The second-order valence-electron chi connectivity index (χ2n) is 6.84. The number of nitrogens with one attached hydrogen (secondary N) is 1. The van der Waals surface area contributed by atoms with Gasteiger partial charge in [-0.25, -0.2) is 14.8 Å². The Hall–Kier alpha value is -4.55. The third-order valence-electron chi connectivity index (χ3n) is 4.44. The molecule has 2 heterocycles. The Balaban J connectivity index is 1.84. The zero-order valence-corrected chi connectivity index (χ0v) is 17.3. The van der Waals surface area contributed by atoms with E-state index in [9.17, 15) is 19.5 Å². The summed E-state index contributed by atoms with van der Waals surface area (Å²) in [4.78, 5) is 51.3. The van der Waals surface area contributed by atoms with E-state index in [1.165, 1.54) is 31.3 Å². The molecule has 0 saturated carbocycles. The Kier molecular flexibility index (Phi) is 5.64. The molecule has 33 heavy (non-hydrogen) atoms. The van der Waals surface area contributed by atoms with Gasteiger partial charge in [-0.1, -0.05) is 0 Å². The molecule has 0 bridgehead atoms. The standard InChI is InChI=1S/C20H22N8O5/c1-28(9-11-8-23-17-15(24-11)16(21)26-20(22)27-17)12-4-2-10(3-5-12)18(31)25-13(19(32)33)6-7-14(29)30/h2-5,8,13H,6-7,9H2,1H3,(H,25,31)(H,29,30)(H,32,33)(H4,21,22,23,26,27)/t13-/m0/s1/i8D,9D2. The van der Waals surface area contributed by atoms with E-state index >= 15 is 0 Å². The molecule has 1 atom stereocenters. The molecule has 7 N–H and O–H groups in total. The number of hydrogen-bond donors (Lipinski definition) is 5. The van der Waals surface area contributed by atoms with Crippen LogP contribution in [-0.4, -0.2) is 61.1 Å². The number of carbonyl (C=O) groups excluding carboxylic acids is 1. The number of nitrogens with zero attached hydrogens (tertiary/aromatic N) is 5. The average molecular weight is 457 g/mol. The third-order valence-corrected chi connectivity index (χ3v) is 4.44. The van der Waals surface area contributed by atoms with Crippen molar-refractivity contribution < 1.29 is 28.7 Å². The number of nitrogens with two attached hydrogens (primary N) is 2. The molecule has 0 aliphatic heterocycles. The Morgan fingerprint density at radius 1 is 1.18 bits per heavy atom. The van der Waals surface area contributed by atoms with E-state index in [1.54, 1.807) is 0 Å². The number of carbonyl (C=O) groups is 3. The van der Waals surface area contributed by atoms with Gasteiger partial charge >= 0.3 is 11.9 Å². The summed E-state index contributed by atoms with van der Waals surface area (Å²) in [6.07, 6.45) is -1.22. The number of carboxylic acids is 2. The molecule has 0 radical (unpaired) electrons. The molecular weight excluding hydrogens is 432 g/mol. The molecule has 0 aliphatic carbocycles. The first kappa shape index (κ1) is 19.2. The van der Waals surface area contributed by atoms with Crippen molar-refractivity contribution >= 4 is 46.5 Å². The zero-order chi connectivity index (χ0) is 26.8. The summed E-state index contributed by atoms with van der Waals surface area (Å²) in [5, 5.41) is 20.2. The highest BCUT2D eigenvalue weighted by molar-refractivity contribution is 5.97. The van der Waals surface area contributed by atoms with Crippen molar-refractivity contribution in [2.45, 2.75) is 25.4 Å². The summed E-state index contributed by atoms with van der Waals surface area (Å²) in [5.74, 6) is -3.59. The maximum Gasteiger partial charge on any atom is 0.326 e. The summed E-state index contributed by atoms with van der Waals surface area (Å²) in [6.45, 7) is -2.36. The summed E-state index contributed by atoms with van der Waals surface area (Å²) in [5.41, 5.74) is 11.3. The lowest BCUT2D eigenvalue weighted by Gasteiger charge is -2.19. The van der Waals surface area contributed by atoms with Crippen molar-refractivity contribution in [3.05, 3.63) is 41.7 Å². The highest BCUT2D eigenvalue weighted by atomic mass is 16.4. The predicted octanol–water partition coefficient (Wildman–Crippen LogP) is 0.268. The van der Waals surface area contributed by atoms with Gasteiger partial charge in [-0.2, -0.15) is 9.97 Å². The molecule has 1 aromatic carbocycles. The number of hydrogen-bond acceptors (Lipinski definition) is 10. The molecule has 172 valence electrons. The molecule has 1 amide bonds. The molecule has 0 fully saturated rings. The molecule has 3 rings (SSSR count). The Morgan fingerprint density at radius 2 is 1.88 bits per heavy atom. The van der Waals surface area contributed by atoms with Gasteiger partial charge < -0.3 is 31.9 Å². The number of amides is 1. The van der Waals surface area contributed by atoms with Gasteiger partial charge in [0.1, 0.15) is 6.04 Å². The summed E-state index contributed by atoms with van der Waals surface area (Å²) in [6, 6.07) is 4.12. The van der Waals surface area contributed by atoms with Crippen LogP contribution in [0.5, 0.6) is 0 Å². The molecule has 0 unspecified atom stereocenters. The minimum atomic E-state index is -2.36. The van der Waals surface area contributed by atoms with Crippen LogP contribution < -0.4 is 21.7 Å². The van der Waals surface area contributed by atoms with Crippen LogP contribution >= 0.6 is 0 Å². The number of aliphatic carboxylic acids is 2. The van der Waals surface area contributed by atoms with E-state index in [0.29, 0.717) is 5.69 Å². The monoisotopic (exact) mass is 457 g/mol. The predicted molar refractivity (Wildman–Crippen MR) is 118 cm³/mol. The molecule has 2 aromatic heterocycles. The fraction of sp³-hybridized carbons (Fsp3) is 0.250. The van der Waals surface area contributed by atoms with Crippen molar-refractivity contribution in [2.75, 3.05) is 23.4 Å². The van der Waals surface area contributed by atoms with E-state index in [-0.39, 0.29) is 40.6 Å². The summed E-state index contributed by atoms with van der Waals surface area (Å²) in [7, 11) is 1.40. The van der Waals surface area contributed by atoms with Crippen LogP contribution in [0.4, 0.5) is 17.5 Å². The second-order valence-corrected chi connectivity index (χ2v) is 6.84. The fourth-order valence-corrected chi connectivity index (χ4v) is 2.78.